The van der Waals surface area contributed by atoms with Gasteiger partial charge < -0.3 is 20.0 Å². The Kier molecular flexibility index (Phi) is 6.31. The van der Waals surface area contributed by atoms with Gasteiger partial charge in [-0.2, -0.15) is 8.42 Å². The number of urea groups is 1. The van der Waals surface area contributed by atoms with Crippen LogP contribution >= 0.6 is 11.6 Å². The molecule has 1 saturated heterocycles. The van der Waals surface area contributed by atoms with E-state index in [1.54, 1.807) is 52.1 Å². The molecule has 2 heterocycles. The van der Waals surface area contributed by atoms with Gasteiger partial charge in [0.15, 0.2) is 5.84 Å². The average Bonchev–Trinajstić information content (AvgIpc) is 3.07. The normalized spacial score (nSPS) is 16.8. The van der Waals surface area contributed by atoms with E-state index in [4.69, 9.17) is 11.6 Å². The fourth-order valence-electron chi connectivity index (χ4n) is 3.77. The van der Waals surface area contributed by atoms with Gasteiger partial charge in [-0.05, 0) is 36.8 Å². The van der Waals surface area contributed by atoms with Crippen LogP contribution in [0.1, 0.15) is 11.1 Å². The van der Waals surface area contributed by atoms with Crippen molar-refractivity contribution in [2.75, 3.05) is 45.1 Å². The molecule has 0 saturated carbocycles. The van der Waals surface area contributed by atoms with Crippen molar-refractivity contribution in [2.45, 2.75) is 11.8 Å². The van der Waals surface area contributed by atoms with Crippen LogP contribution in [0.3, 0.4) is 0 Å². The lowest BCUT2D eigenvalue weighted by molar-refractivity contribution is -0.132. The fourth-order valence-corrected chi connectivity index (χ4v) is 5.21. The molecule has 1 N–H and O–H groups in total. The number of piperazine rings is 1. The lowest BCUT2D eigenvalue weighted by Gasteiger charge is -2.35. The van der Waals surface area contributed by atoms with Crippen molar-refractivity contribution in [3.05, 3.63) is 58.6 Å². The summed E-state index contributed by atoms with van der Waals surface area (Å²) in [4.78, 5) is 30.4. The molecular formula is C22H24ClN5O4S. The lowest BCUT2D eigenvalue weighted by Crippen LogP contribution is -2.53. The highest BCUT2D eigenvalue weighted by Crippen LogP contribution is 2.27. The first-order valence-corrected chi connectivity index (χ1v) is 12.2. The smallest absolute Gasteiger partial charge is 0.321 e. The zero-order valence-corrected chi connectivity index (χ0v) is 19.9. The van der Waals surface area contributed by atoms with E-state index in [9.17, 15) is 18.0 Å². The van der Waals surface area contributed by atoms with E-state index in [2.05, 4.69) is 9.71 Å². The first kappa shape index (κ1) is 23.1. The number of amidine groups is 1. The highest BCUT2D eigenvalue weighted by Gasteiger charge is 2.32. The maximum atomic E-state index is 12.8. The summed E-state index contributed by atoms with van der Waals surface area (Å²) in [5, 5.41) is 3.41. The van der Waals surface area contributed by atoms with Gasteiger partial charge in [0.2, 0.25) is 5.91 Å². The number of carbonyl (C=O) groups is 2. The second kappa shape index (κ2) is 9.03. The number of sulfonamides is 1. The molecular weight excluding hydrogens is 466 g/mol. The first-order valence-electron chi connectivity index (χ1n) is 10.4. The topological polar surface area (TPSA) is 102 Å². The molecule has 0 radical (unpaired) electrons. The van der Waals surface area contributed by atoms with Crippen LogP contribution in [0.25, 0.3) is 0 Å². The van der Waals surface area contributed by atoms with E-state index in [0.29, 0.717) is 42.5 Å². The average molecular weight is 490 g/mol. The first-order chi connectivity index (χ1) is 15.7. The second-order valence-corrected chi connectivity index (χ2v) is 9.98. The molecule has 2 aromatic carbocycles. The molecule has 2 aromatic rings. The summed E-state index contributed by atoms with van der Waals surface area (Å²) in [6.45, 7) is 3.42. The zero-order valence-electron chi connectivity index (χ0n) is 18.3. The van der Waals surface area contributed by atoms with Crippen LogP contribution in [0.5, 0.6) is 0 Å². The molecule has 0 aromatic heterocycles. The Morgan fingerprint density at radius 2 is 1.76 bits per heavy atom. The molecule has 3 amide bonds. The maximum absolute atomic E-state index is 12.8. The number of anilines is 1. The number of amides is 3. The predicted octanol–water partition coefficient (Wildman–Crippen LogP) is 2.41. The van der Waals surface area contributed by atoms with Crippen LogP contribution < -0.4 is 5.32 Å². The van der Waals surface area contributed by atoms with Crippen LogP contribution in [0.4, 0.5) is 10.5 Å². The number of hydrogen-bond donors (Lipinski definition) is 1. The Morgan fingerprint density at radius 3 is 2.45 bits per heavy atom. The molecule has 0 aliphatic carbocycles. The number of hydrogen-bond acceptors (Lipinski definition) is 5. The van der Waals surface area contributed by atoms with Gasteiger partial charge in [-0.1, -0.05) is 29.8 Å². The molecule has 174 valence electrons. The molecule has 11 heteroatoms. The van der Waals surface area contributed by atoms with Gasteiger partial charge in [0.05, 0.1) is 6.54 Å². The Bertz CT molecular complexity index is 1240. The van der Waals surface area contributed by atoms with E-state index in [0.717, 1.165) is 5.56 Å². The monoisotopic (exact) mass is 489 g/mol. The Balaban J connectivity index is 1.32. The molecule has 2 aliphatic rings. The van der Waals surface area contributed by atoms with E-state index in [1.807, 2.05) is 13.0 Å². The molecule has 33 heavy (non-hydrogen) atoms. The minimum absolute atomic E-state index is 0.0171. The van der Waals surface area contributed by atoms with Crippen molar-refractivity contribution in [3.8, 4) is 0 Å². The minimum atomic E-state index is -3.75. The molecule has 0 bridgehead atoms. The quantitative estimate of drug-likeness (QED) is 0.713. The third-order valence-corrected chi connectivity index (χ3v) is 7.42. The summed E-state index contributed by atoms with van der Waals surface area (Å²) in [6.07, 6.45) is 0. The SMILES string of the molecule is Cc1ccc(NC(=O)N2CCN(C(=O)CN(C)C3=NS(=O)(=O)c4ccccc43)CC2)cc1Cl. The van der Waals surface area contributed by atoms with Crippen LogP contribution in [0.15, 0.2) is 51.8 Å². The number of benzene rings is 2. The summed E-state index contributed by atoms with van der Waals surface area (Å²) in [5.41, 5.74) is 2.03. The lowest BCUT2D eigenvalue weighted by atomic mass is 10.2. The van der Waals surface area contributed by atoms with Gasteiger partial charge in [-0.3, -0.25) is 4.79 Å². The van der Waals surface area contributed by atoms with Crippen molar-refractivity contribution in [3.63, 3.8) is 0 Å². The predicted molar refractivity (Wildman–Crippen MR) is 126 cm³/mol. The second-order valence-electron chi connectivity index (χ2n) is 8.00. The van der Waals surface area contributed by atoms with Crippen LogP contribution in [-0.4, -0.2) is 80.7 Å². The molecule has 1 fully saturated rings. The van der Waals surface area contributed by atoms with E-state index >= 15 is 0 Å². The molecule has 0 unspecified atom stereocenters. The van der Waals surface area contributed by atoms with Gasteiger partial charge in [-0.15, -0.1) is 4.40 Å². The van der Waals surface area contributed by atoms with Gasteiger partial charge in [0.25, 0.3) is 10.0 Å². The number of likely N-dealkylation sites (N-methyl/N-ethyl adjacent to an activating group) is 1. The van der Waals surface area contributed by atoms with Crippen LogP contribution in [0.2, 0.25) is 5.02 Å². The number of halogens is 1. The highest BCUT2D eigenvalue weighted by molar-refractivity contribution is 7.90. The summed E-state index contributed by atoms with van der Waals surface area (Å²) < 4.78 is 28.4. The Morgan fingerprint density at radius 1 is 1.09 bits per heavy atom. The van der Waals surface area contributed by atoms with E-state index in [1.165, 1.54) is 6.07 Å². The van der Waals surface area contributed by atoms with E-state index < -0.39 is 10.0 Å². The van der Waals surface area contributed by atoms with Crippen molar-refractivity contribution in [1.82, 2.24) is 14.7 Å². The molecule has 2 aliphatic heterocycles. The van der Waals surface area contributed by atoms with Crippen LogP contribution in [-0.2, 0) is 14.8 Å². The van der Waals surface area contributed by atoms with E-state index in [-0.39, 0.29) is 29.2 Å². The number of nitrogens with zero attached hydrogens (tertiary/aromatic N) is 4. The van der Waals surface area contributed by atoms with Crippen LogP contribution in [0, 0.1) is 6.92 Å². The summed E-state index contributed by atoms with van der Waals surface area (Å²) in [7, 11) is -2.10. The number of carbonyl (C=O) groups excluding carboxylic acids is 2. The Hall–Kier alpha value is -3.11. The molecule has 9 nitrogen and oxygen atoms in total. The van der Waals surface area contributed by atoms with Crippen molar-refractivity contribution >= 4 is 45.1 Å². The number of fused-ring (bicyclic) bond motifs is 1. The summed E-state index contributed by atoms with van der Waals surface area (Å²) >= 11 is 6.11. The standard InChI is InChI=1S/C22H24ClN5O4S/c1-15-7-8-16(13-18(15)23)24-22(30)28-11-9-27(10-12-28)20(29)14-26(2)21-17-5-3-4-6-19(17)33(31,32)25-21/h3-8,13H,9-12,14H2,1-2H3,(H,24,30). The minimum Gasteiger partial charge on any atom is -0.349 e. The zero-order chi connectivity index (χ0) is 23.8. The van der Waals surface area contributed by atoms with Gasteiger partial charge in [-0.25, -0.2) is 4.79 Å². The number of rotatable bonds is 3. The largest absolute Gasteiger partial charge is 0.349 e. The number of aryl methyl sites for hydroxylation is 1. The van der Waals surface area contributed by atoms with Crippen molar-refractivity contribution in [1.29, 1.82) is 0 Å². The maximum Gasteiger partial charge on any atom is 0.321 e. The van der Waals surface area contributed by atoms with Gasteiger partial charge in [0, 0.05) is 49.5 Å². The van der Waals surface area contributed by atoms with Crippen molar-refractivity contribution in [2.24, 2.45) is 4.40 Å². The van der Waals surface area contributed by atoms with Crippen molar-refractivity contribution < 1.29 is 18.0 Å². The summed E-state index contributed by atoms with van der Waals surface area (Å²) in [5.74, 6) is 0.0982. The highest BCUT2D eigenvalue weighted by atomic mass is 35.5. The van der Waals surface area contributed by atoms with Gasteiger partial charge in [0.1, 0.15) is 4.90 Å². The fraction of sp³-hybridized carbons (Fsp3) is 0.318. The molecule has 0 atom stereocenters. The molecule has 4 rings (SSSR count). The number of nitrogens with one attached hydrogen (secondary N) is 1. The Labute approximate surface area is 197 Å². The third kappa shape index (κ3) is 4.81. The van der Waals surface area contributed by atoms with Gasteiger partial charge >= 0.3 is 6.03 Å². The molecule has 0 spiro atoms. The third-order valence-electron chi connectivity index (χ3n) is 5.69. The summed E-state index contributed by atoms with van der Waals surface area (Å²) in [6, 6.07) is 11.6.